The lowest BCUT2D eigenvalue weighted by molar-refractivity contribution is 0.593. The van der Waals surface area contributed by atoms with Crippen molar-refractivity contribution in [2.24, 2.45) is 0 Å². The predicted octanol–water partition coefficient (Wildman–Crippen LogP) is 1.52. The molecule has 1 fully saturated rings. The number of hydrogen-bond acceptors (Lipinski definition) is 5. The van der Waals surface area contributed by atoms with Gasteiger partial charge in [-0.2, -0.15) is 0 Å². The van der Waals surface area contributed by atoms with Gasteiger partial charge in [-0.25, -0.2) is 13.4 Å². The number of nitrogens with one attached hydrogen (secondary N) is 2. The molecule has 0 radical (unpaired) electrons. The number of rotatable bonds is 7. The molecule has 1 aromatic heterocycles. The van der Waals surface area contributed by atoms with Crippen LogP contribution in [0.15, 0.2) is 0 Å². The molecule has 0 saturated heterocycles. The van der Waals surface area contributed by atoms with Crippen LogP contribution in [0.2, 0.25) is 0 Å². The second-order valence-electron chi connectivity index (χ2n) is 5.25. The Bertz CT molecular complexity index is 528. The smallest absolute Gasteiger partial charge is 0.234 e. The minimum atomic E-state index is -3.24. The van der Waals surface area contributed by atoms with E-state index in [2.05, 4.69) is 15.0 Å². The van der Waals surface area contributed by atoms with E-state index in [1.807, 2.05) is 0 Å². The number of anilines is 1. The number of aromatic nitrogens is 1. The van der Waals surface area contributed by atoms with Gasteiger partial charge in [-0.3, -0.25) is 4.72 Å². The fourth-order valence-corrected chi connectivity index (χ4v) is 4.66. The van der Waals surface area contributed by atoms with Gasteiger partial charge in [0, 0.05) is 10.9 Å². The number of hydrogen-bond donors (Lipinski definition) is 2. The van der Waals surface area contributed by atoms with E-state index in [-0.39, 0.29) is 5.75 Å². The second-order valence-corrected chi connectivity index (χ2v) is 8.17. The average molecular weight is 301 g/mol. The van der Waals surface area contributed by atoms with Crippen LogP contribution in [0, 0.1) is 0 Å². The SMILES string of the molecule is O=S(=O)(CCCNC1CC1)Nc1nc2c(s1)CCC2. The fourth-order valence-electron chi connectivity index (χ4n) is 2.27. The first kappa shape index (κ1) is 13.3. The van der Waals surface area contributed by atoms with Crippen molar-refractivity contribution in [2.75, 3.05) is 17.0 Å². The van der Waals surface area contributed by atoms with Gasteiger partial charge >= 0.3 is 0 Å². The standard InChI is InChI=1S/C12H19N3O2S2/c16-19(17,8-2-7-13-9-5-6-9)15-12-14-10-3-1-4-11(10)18-12/h9,13H,1-8H2,(H,14,15). The lowest BCUT2D eigenvalue weighted by Crippen LogP contribution is -2.23. The maximum atomic E-state index is 11.9. The Hall–Kier alpha value is -0.660. The molecule has 1 aromatic rings. The van der Waals surface area contributed by atoms with E-state index in [0.29, 0.717) is 17.6 Å². The Morgan fingerprint density at radius 1 is 1.32 bits per heavy atom. The molecule has 0 spiro atoms. The summed E-state index contributed by atoms with van der Waals surface area (Å²) in [4.78, 5) is 5.60. The van der Waals surface area contributed by atoms with Crippen LogP contribution in [0.5, 0.6) is 0 Å². The average Bonchev–Trinajstić information content (AvgIpc) is 2.94. The Labute approximate surface area is 117 Å². The second kappa shape index (κ2) is 5.38. The third-order valence-electron chi connectivity index (χ3n) is 3.44. The highest BCUT2D eigenvalue weighted by Gasteiger charge is 2.21. The summed E-state index contributed by atoms with van der Waals surface area (Å²) < 4.78 is 26.4. The predicted molar refractivity (Wildman–Crippen MR) is 77.2 cm³/mol. The first-order chi connectivity index (χ1) is 9.12. The number of sulfonamides is 1. The molecule has 0 bridgehead atoms. The van der Waals surface area contributed by atoms with Crippen LogP contribution in [0.4, 0.5) is 5.13 Å². The summed E-state index contributed by atoms with van der Waals surface area (Å²) in [5.41, 5.74) is 1.08. The highest BCUT2D eigenvalue weighted by Crippen LogP contribution is 2.30. The minimum Gasteiger partial charge on any atom is -0.314 e. The highest BCUT2D eigenvalue weighted by molar-refractivity contribution is 7.92. The molecule has 0 atom stereocenters. The Morgan fingerprint density at radius 2 is 2.16 bits per heavy atom. The quantitative estimate of drug-likeness (QED) is 0.749. The molecular weight excluding hydrogens is 282 g/mol. The van der Waals surface area contributed by atoms with Gasteiger partial charge in [0.05, 0.1) is 11.4 Å². The highest BCUT2D eigenvalue weighted by atomic mass is 32.2. The van der Waals surface area contributed by atoms with E-state index < -0.39 is 10.0 Å². The zero-order valence-electron chi connectivity index (χ0n) is 10.8. The first-order valence-corrected chi connectivity index (χ1v) is 9.32. The lowest BCUT2D eigenvalue weighted by atomic mass is 10.4. The first-order valence-electron chi connectivity index (χ1n) is 6.85. The van der Waals surface area contributed by atoms with E-state index in [4.69, 9.17) is 0 Å². The van der Waals surface area contributed by atoms with Gasteiger partial charge in [0.2, 0.25) is 10.0 Å². The summed E-state index contributed by atoms with van der Waals surface area (Å²) in [6, 6.07) is 0.637. The fraction of sp³-hybridized carbons (Fsp3) is 0.750. The van der Waals surface area contributed by atoms with Gasteiger partial charge in [-0.1, -0.05) is 0 Å². The zero-order chi connectivity index (χ0) is 13.3. The maximum Gasteiger partial charge on any atom is 0.234 e. The van der Waals surface area contributed by atoms with Crippen LogP contribution in [0.3, 0.4) is 0 Å². The molecule has 2 aliphatic rings. The summed E-state index contributed by atoms with van der Waals surface area (Å²) in [5.74, 6) is 0.164. The largest absolute Gasteiger partial charge is 0.314 e. The van der Waals surface area contributed by atoms with Crippen LogP contribution >= 0.6 is 11.3 Å². The zero-order valence-corrected chi connectivity index (χ0v) is 12.4. The van der Waals surface area contributed by atoms with Gasteiger partial charge < -0.3 is 5.32 Å². The Balaban J connectivity index is 1.48. The summed E-state index contributed by atoms with van der Waals surface area (Å²) in [6.07, 6.45) is 6.29. The van der Waals surface area contributed by atoms with Gasteiger partial charge in [0.1, 0.15) is 0 Å². The van der Waals surface area contributed by atoms with Crippen LogP contribution in [0.25, 0.3) is 0 Å². The van der Waals surface area contributed by atoms with Crippen LogP contribution < -0.4 is 10.0 Å². The van der Waals surface area contributed by atoms with E-state index in [1.54, 1.807) is 0 Å². The van der Waals surface area contributed by atoms with Crippen molar-refractivity contribution in [3.63, 3.8) is 0 Å². The molecule has 0 aromatic carbocycles. The molecule has 2 N–H and O–H groups in total. The number of nitrogens with zero attached hydrogens (tertiary/aromatic N) is 1. The van der Waals surface area contributed by atoms with Crippen molar-refractivity contribution in [1.82, 2.24) is 10.3 Å². The maximum absolute atomic E-state index is 11.9. The van der Waals surface area contributed by atoms with Crippen molar-refractivity contribution < 1.29 is 8.42 Å². The normalized spacial score (nSPS) is 18.5. The molecule has 19 heavy (non-hydrogen) atoms. The molecule has 5 nitrogen and oxygen atoms in total. The summed E-state index contributed by atoms with van der Waals surface area (Å²) in [7, 11) is -3.24. The van der Waals surface area contributed by atoms with Crippen molar-refractivity contribution >= 4 is 26.5 Å². The minimum absolute atomic E-state index is 0.164. The summed E-state index contributed by atoms with van der Waals surface area (Å²) in [6.45, 7) is 0.778. The summed E-state index contributed by atoms with van der Waals surface area (Å²) in [5, 5.41) is 3.86. The van der Waals surface area contributed by atoms with E-state index in [1.165, 1.54) is 29.1 Å². The van der Waals surface area contributed by atoms with Crippen molar-refractivity contribution in [3.8, 4) is 0 Å². The van der Waals surface area contributed by atoms with Crippen LogP contribution in [0.1, 0.15) is 36.3 Å². The van der Waals surface area contributed by atoms with Crippen molar-refractivity contribution in [2.45, 2.75) is 44.6 Å². The van der Waals surface area contributed by atoms with E-state index in [0.717, 1.165) is 31.5 Å². The third kappa shape index (κ3) is 3.67. The van der Waals surface area contributed by atoms with E-state index in [9.17, 15) is 8.42 Å². The molecule has 0 aliphatic heterocycles. The molecule has 3 rings (SSSR count). The monoisotopic (exact) mass is 301 g/mol. The Morgan fingerprint density at radius 3 is 2.89 bits per heavy atom. The third-order valence-corrected chi connectivity index (χ3v) is 5.97. The number of fused-ring (bicyclic) bond motifs is 1. The van der Waals surface area contributed by atoms with Crippen LogP contribution in [-0.2, 0) is 22.9 Å². The van der Waals surface area contributed by atoms with Crippen molar-refractivity contribution in [1.29, 1.82) is 0 Å². The molecule has 1 saturated carbocycles. The van der Waals surface area contributed by atoms with Gasteiger partial charge in [-0.05, 0) is 45.1 Å². The van der Waals surface area contributed by atoms with Gasteiger partial charge in [-0.15, -0.1) is 11.3 Å². The molecule has 1 heterocycles. The molecule has 106 valence electrons. The van der Waals surface area contributed by atoms with Gasteiger partial charge in [0.25, 0.3) is 0 Å². The Kier molecular flexibility index (Phi) is 3.77. The molecule has 7 heteroatoms. The molecule has 0 amide bonds. The molecule has 2 aliphatic carbocycles. The van der Waals surface area contributed by atoms with Crippen molar-refractivity contribution in [3.05, 3.63) is 10.6 Å². The molecule has 0 unspecified atom stereocenters. The summed E-state index contributed by atoms with van der Waals surface area (Å²) >= 11 is 1.49. The number of aryl methyl sites for hydroxylation is 2. The van der Waals surface area contributed by atoms with Gasteiger partial charge in [0.15, 0.2) is 5.13 Å². The van der Waals surface area contributed by atoms with Crippen LogP contribution in [-0.4, -0.2) is 31.7 Å². The topological polar surface area (TPSA) is 71.1 Å². The lowest BCUT2D eigenvalue weighted by Gasteiger charge is -2.05. The molecular formula is C12H19N3O2S2. The van der Waals surface area contributed by atoms with E-state index >= 15 is 0 Å². The number of thiazole rings is 1.